The van der Waals surface area contributed by atoms with Gasteiger partial charge in [-0.3, -0.25) is 4.79 Å². The van der Waals surface area contributed by atoms with Crippen molar-refractivity contribution in [3.8, 4) is 0 Å². The second kappa shape index (κ2) is 5.06. The highest BCUT2D eigenvalue weighted by Crippen LogP contribution is 2.23. The van der Waals surface area contributed by atoms with Gasteiger partial charge in [0.25, 0.3) is 5.91 Å². The van der Waals surface area contributed by atoms with E-state index in [-0.39, 0.29) is 5.91 Å². The van der Waals surface area contributed by atoms with Crippen LogP contribution in [0.4, 0.5) is 5.69 Å². The van der Waals surface area contributed by atoms with Gasteiger partial charge in [0, 0.05) is 10.2 Å². The summed E-state index contributed by atoms with van der Waals surface area (Å²) in [5, 5.41) is 2.83. The van der Waals surface area contributed by atoms with Crippen molar-refractivity contribution in [2.45, 2.75) is 6.92 Å². The topological polar surface area (TPSA) is 42.2 Å². The molecule has 1 amide bonds. The van der Waals surface area contributed by atoms with Gasteiger partial charge in [-0.05, 0) is 52.7 Å². The van der Waals surface area contributed by atoms with Crippen LogP contribution in [0.2, 0.25) is 0 Å². The Bertz CT molecular complexity index is 563. The summed E-state index contributed by atoms with van der Waals surface area (Å²) in [7, 11) is 0. The minimum absolute atomic E-state index is 0.198. The fraction of sp³-hybridized carbons (Fsp3) is 0.0833. The van der Waals surface area contributed by atoms with Gasteiger partial charge < -0.3 is 9.73 Å². The van der Waals surface area contributed by atoms with E-state index in [1.54, 1.807) is 6.07 Å². The molecule has 0 saturated carbocycles. The first-order chi connectivity index (χ1) is 8.08. The van der Waals surface area contributed by atoms with Crippen LogP contribution in [-0.2, 0) is 0 Å². The van der Waals surface area contributed by atoms with E-state index in [4.69, 9.17) is 4.42 Å². The van der Waals surface area contributed by atoms with Crippen LogP contribution in [0.3, 0.4) is 0 Å². The first-order valence-corrected chi connectivity index (χ1v) is 6.47. The molecular formula is C12H9Br2NO2. The number of furan rings is 1. The molecule has 0 aliphatic heterocycles. The van der Waals surface area contributed by atoms with Crippen LogP contribution in [0.5, 0.6) is 0 Å². The molecule has 1 aromatic carbocycles. The number of hydrogen-bond donors (Lipinski definition) is 1. The summed E-state index contributed by atoms with van der Waals surface area (Å²) in [6, 6.07) is 7.30. The third kappa shape index (κ3) is 2.79. The van der Waals surface area contributed by atoms with E-state index in [0.29, 0.717) is 10.2 Å². The average Bonchev–Trinajstić information content (AvgIpc) is 2.68. The lowest BCUT2D eigenvalue weighted by molar-refractivity contribution is 0.102. The maximum atomic E-state index is 11.9. The molecule has 1 N–H and O–H groups in total. The SMILES string of the molecule is Cc1cc(Br)ccc1NC(=O)c1ccoc1Br. The minimum atomic E-state index is -0.198. The molecular weight excluding hydrogens is 350 g/mol. The smallest absolute Gasteiger partial charge is 0.260 e. The molecule has 2 aromatic rings. The molecule has 17 heavy (non-hydrogen) atoms. The first kappa shape index (κ1) is 12.4. The fourth-order valence-electron chi connectivity index (χ4n) is 1.41. The maximum Gasteiger partial charge on any atom is 0.260 e. The van der Waals surface area contributed by atoms with Gasteiger partial charge >= 0.3 is 0 Å². The van der Waals surface area contributed by atoms with Gasteiger partial charge in [-0.15, -0.1) is 0 Å². The number of anilines is 1. The number of carbonyl (C=O) groups is 1. The van der Waals surface area contributed by atoms with E-state index in [1.807, 2.05) is 25.1 Å². The molecule has 2 rings (SSSR count). The summed E-state index contributed by atoms with van der Waals surface area (Å²) in [6.45, 7) is 1.94. The van der Waals surface area contributed by atoms with Crippen molar-refractivity contribution < 1.29 is 9.21 Å². The zero-order valence-corrected chi connectivity index (χ0v) is 12.1. The largest absolute Gasteiger partial charge is 0.457 e. The Balaban J connectivity index is 2.22. The van der Waals surface area contributed by atoms with E-state index < -0.39 is 0 Å². The zero-order valence-electron chi connectivity index (χ0n) is 8.96. The number of carbonyl (C=O) groups excluding carboxylic acids is 1. The first-order valence-electron chi connectivity index (χ1n) is 4.88. The molecule has 0 fully saturated rings. The van der Waals surface area contributed by atoms with Gasteiger partial charge in [-0.1, -0.05) is 15.9 Å². The lowest BCUT2D eigenvalue weighted by Gasteiger charge is -2.07. The number of hydrogen-bond acceptors (Lipinski definition) is 2. The molecule has 5 heteroatoms. The summed E-state index contributed by atoms with van der Waals surface area (Å²) < 4.78 is 6.44. The van der Waals surface area contributed by atoms with Crippen molar-refractivity contribution in [3.63, 3.8) is 0 Å². The normalized spacial score (nSPS) is 10.3. The van der Waals surface area contributed by atoms with Crippen LogP contribution in [0.1, 0.15) is 15.9 Å². The van der Waals surface area contributed by atoms with Crippen LogP contribution >= 0.6 is 31.9 Å². The van der Waals surface area contributed by atoms with Gasteiger partial charge in [0.2, 0.25) is 0 Å². The van der Waals surface area contributed by atoms with Crippen molar-refractivity contribution in [3.05, 3.63) is 50.8 Å². The van der Waals surface area contributed by atoms with Crippen molar-refractivity contribution in [1.82, 2.24) is 0 Å². The molecule has 0 radical (unpaired) electrons. The molecule has 0 spiro atoms. The quantitative estimate of drug-likeness (QED) is 0.866. The third-order valence-corrected chi connectivity index (χ3v) is 3.41. The van der Waals surface area contributed by atoms with Gasteiger partial charge in [-0.2, -0.15) is 0 Å². The number of rotatable bonds is 2. The maximum absolute atomic E-state index is 11.9. The standard InChI is InChI=1S/C12H9Br2NO2/c1-7-6-8(13)2-3-10(7)15-12(16)9-4-5-17-11(9)14/h2-6H,1H3,(H,15,16). The molecule has 0 saturated heterocycles. The van der Waals surface area contributed by atoms with Gasteiger partial charge in [0.15, 0.2) is 4.67 Å². The van der Waals surface area contributed by atoms with E-state index >= 15 is 0 Å². The minimum Gasteiger partial charge on any atom is -0.457 e. The lowest BCUT2D eigenvalue weighted by atomic mass is 10.2. The molecule has 0 aliphatic carbocycles. The molecule has 0 atom stereocenters. The molecule has 3 nitrogen and oxygen atoms in total. The third-order valence-electron chi connectivity index (χ3n) is 2.30. The predicted octanol–water partition coefficient (Wildman–Crippen LogP) is 4.37. The van der Waals surface area contributed by atoms with Gasteiger partial charge in [-0.25, -0.2) is 0 Å². The highest BCUT2D eigenvalue weighted by Gasteiger charge is 2.13. The second-order valence-electron chi connectivity index (χ2n) is 3.52. The van der Waals surface area contributed by atoms with Gasteiger partial charge in [0.1, 0.15) is 0 Å². The summed E-state index contributed by atoms with van der Waals surface area (Å²) >= 11 is 6.55. The summed E-state index contributed by atoms with van der Waals surface area (Å²) in [5.74, 6) is -0.198. The zero-order chi connectivity index (χ0) is 12.4. The van der Waals surface area contributed by atoms with Crippen LogP contribution in [0, 0.1) is 6.92 Å². The highest BCUT2D eigenvalue weighted by atomic mass is 79.9. The summed E-state index contributed by atoms with van der Waals surface area (Å²) in [4.78, 5) is 11.9. The molecule has 88 valence electrons. The highest BCUT2D eigenvalue weighted by molar-refractivity contribution is 9.10. The predicted molar refractivity (Wildman–Crippen MR) is 73.2 cm³/mol. The average molecular weight is 359 g/mol. The summed E-state index contributed by atoms with van der Waals surface area (Å²) in [6.07, 6.45) is 1.47. The Morgan fingerprint density at radius 1 is 1.29 bits per heavy atom. The monoisotopic (exact) mass is 357 g/mol. The number of nitrogens with one attached hydrogen (secondary N) is 1. The molecule has 1 aromatic heterocycles. The van der Waals surface area contributed by atoms with Crippen molar-refractivity contribution in [1.29, 1.82) is 0 Å². The van der Waals surface area contributed by atoms with E-state index in [1.165, 1.54) is 6.26 Å². The van der Waals surface area contributed by atoms with Crippen molar-refractivity contribution >= 4 is 43.5 Å². The number of benzene rings is 1. The number of halogens is 2. The summed E-state index contributed by atoms with van der Waals surface area (Å²) in [5.41, 5.74) is 2.26. The van der Waals surface area contributed by atoms with Crippen molar-refractivity contribution in [2.24, 2.45) is 0 Å². The van der Waals surface area contributed by atoms with Crippen molar-refractivity contribution in [2.75, 3.05) is 5.32 Å². The van der Waals surface area contributed by atoms with Crippen LogP contribution in [0.25, 0.3) is 0 Å². The Kier molecular flexibility index (Phi) is 3.69. The lowest BCUT2D eigenvalue weighted by Crippen LogP contribution is -2.12. The molecule has 0 bridgehead atoms. The fourth-order valence-corrected chi connectivity index (χ4v) is 2.31. The molecule has 0 unspecified atom stereocenters. The Morgan fingerprint density at radius 3 is 2.65 bits per heavy atom. The van der Waals surface area contributed by atoms with E-state index in [2.05, 4.69) is 37.2 Å². The van der Waals surface area contributed by atoms with E-state index in [0.717, 1.165) is 15.7 Å². The molecule has 1 heterocycles. The van der Waals surface area contributed by atoms with Crippen LogP contribution < -0.4 is 5.32 Å². The number of aryl methyl sites for hydroxylation is 1. The number of amides is 1. The van der Waals surface area contributed by atoms with E-state index in [9.17, 15) is 4.79 Å². The molecule has 0 aliphatic rings. The Labute approximate surface area is 115 Å². The Morgan fingerprint density at radius 2 is 2.06 bits per heavy atom. The second-order valence-corrected chi connectivity index (χ2v) is 5.16. The Hall–Kier alpha value is -1.07. The van der Waals surface area contributed by atoms with Crippen LogP contribution in [-0.4, -0.2) is 5.91 Å². The van der Waals surface area contributed by atoms with Crippen LogP contribution in [0.15, 0.2) is 44.1 Å². The van der Waals surface area contributed by atoms with Gasteiger partial charge in [0.05, 0.1) is 11.8 Å².